The summed E-state index contributed by atoms with van der Waals surface area (Å²) in [6.45, 7) is 1.63. The second kappa shape index (κ2) is 8.22. The molecule has 0 amide bonds. The summed E-state index contributed by atoms with van der Waals surface area (Å²) >= 11 is 7.63. The molecule has 3 aromatic heterocycles. The predicted octanol–water partition coefficient (Wildman–Crippen LogP) is 5.46. The molecule has 1 aliphatic heterocycles. The van der Waals surface area contributed by atoms with E-state index in [0.29, 0.717) is 17.5 Å². The van der Waals surface area contributed by atoms with Crippen LogP contribution < -0.4 is 0 Å². The van der Waals surface area contributed by atoms with Gasteiger partial charge in [-0.2, -0.15) is 0 Å². The van der Waals surface area contributed by atoms with E-state index in [-0.39, 0.29) is 5.82 Å². The van der Waals surface area contributed by atoms with E-state index in [1.54, 1.807) is 35.9 Å². The van der Waals surface area contributed by atoms with Gasteiger partial charge in [0.15, 0.2) is 5.82 Å². The number of likely N-dealkylation sites (tertiary alicyclic amines) is 1. The number of hydrogen-bond donors (Lipinski definition) is 0. The van der Waals surface area contributed by atoms with Crippen LogP contribution in [0.15, 0.2) is 66.3 Å². The number of rotatable bonds is 5. The van der Waals surface area contributed by atoms with Crippen LogP contribution in [0.25, 0.3) is 17.1 Å². The van der Waals surface area contributed by atoms with E-state index in [0.717, 1.165) is 36.5 Å². The summed E-state index contributed by atoms with van der Waals surface area (Å²) < 4.78 is 17.9. The van der Waals surface area contributed by atoms with Crippen molar-refractivity contribution < 1.29 is 4.39 Å². The van der Waals surface area contributed by atoms with Gasteiger partial charge in [0, 0.05) is 35.4 Å². The van der Waals surface area contributed by atoms with Gasteiger partial charge in [-0.05, 0) is 72.9 Å². The monoisotopic (exact) mass is 437 g/mol. The van der Waals surface area contributed by atoms with Gasteiger partial charge in [-0.1, -0.05) is 6.07 Å². The van der Waals surface area contributed by atoms with Crippen LogP contribution in [0.4, 0.5) is 4.39 Å². The van der Waals surface area contributed by atoms with Gasteiger partial charge >= 0.3 is 0 Å². The Morgan fingerprint density at radius 1 is 1.10 bits per heavy atom. The highest BCUT2D eigenvalue weighted by Crippen LogP contribution is 2.35. The van der Waals surface area contributed by atoms with Crippen molar-refractivity contribution >= 4 is 23.6 Å². The second-order valence-corrected chi connectivity index (χ2v) is 8.63. The average Bonchev–Trinajstić information content (AvgIpc) is 3.51. The number of benzene rings is 1. The molecule has 0 radical (unpaired) electrons. The highest BCUT2D eigenvalue weighted by Gasteiger charge is 2.28. The minimum atomic E-state index is -0.279. The number of halogens is 1. The standard InChI is InChI=1S/C22H20FN5S2/c23-17-5-7-18(8-6-17)28-21(16-9-11-24-12-10-16)25-27(22(28)29)15-26-13-1-3-19(26)20-4-2-14-30-20/h2,4-12,14,19H,1,3,13,15H2/t19-/m1/s1. The van der Waals surface area contributed by atoms with Gasteiger partial charge < -0.3 is 0 Å². The van der Waals surface area contributed by atoms with Crippen molar-refractivity contribution in [2.45, 2.75) is 25.6 Å². The largest absolute Gasteiger partial charge is 0.276 e. The molecule has 0 unspecified atom stereocenters. The third-order valence-corrected chi connectivity index (χ3v) is 6.78. The van der Waals surface area contributed by atoms with Gasteiger partial charge in [0.2, 0.25) is 4.77 Å². The lowest BCUT2D eigenvalue weighted by Gasteiger charge is -2.23. The summed E-state index contributed by atoms with van der Waals surface area (Å²) in [5.41, 5.74) is 1.70. The SMILES string of the molecule is Fc1ccc(-n2c(-c3ccncc3)nn(CN3CCC[C@@H]3c3cccs3)c2=S)cc1. The van der Waals surface area contributed by atoms with Crippen LogP contribution in [0.3, 0.4) is 0 Å². The van der Waals surface area contributed by atoms with E-state index in [1.807, 2.05) is 21.4 Å². The minimum absolute atomic E-state index is 0.279. The molecular weight excluding hydrogens is 417 g/mol. The van der Waals surface area contributed by atoms with Crippen LogP contribution in [0, 0.1) is 10.6 Å². The maximum absolute atomic E-state index is 13.5. The molecule has 1 aliphatic rings. The molecule has 0 spiro atoms. The highest BCUT2D eigenvalue weighted by atomic mass is 32.1. The molecule has 1 saturated heterocycles. The summed E-state index contributed by atoms with van der Waals surface area (Å²) in [5.74, 6) is 0.444. The normalized spacial score (nSPS) is 16.9. The number of nitrogens with zero attached hydrogens (tertiary/aromatic N) is 5. The van der Waals surface area contributed by atoms with Crippen LogP contribution in [0.1, 0.15) is 23.8 Å². The zero-order valence-corrected chi connectivity index (χ0v) is 17.8. The first-order chi connectivity index (χ1) is 14.7. The van der Waals surface area contributed by atoms with Crippen molar-refractivity contribution in [3.8, 4) is 17.1 Å². The van der Waals surface area contributed by atoms with E-state index < -0.39 is 0 Å². The molecule has 4 heterocycles. The van der Waals surface area contributed by atoms with Crippen molar-refractivity contribution in [3.05, 3.63) is 81.8 Å². The van der Waals surface area contributed by atoms with Gasteiger partial charge in [0.25, 0.3) is 0 Å². The molecule has 0 saturated carbocycles. The van der Waals surface area contributed by atoms with Crippen LogP contribution in [0.2, 0.25) is 0 Å². The smallest absolute Gasteiger partial charge is 0.204 e. The van der Waals surface area contributed by atoms with Crippen LogP contribution in [0.5, 0.6) is 0 Å². The second-order valence-electron chi connectivity index (χ2n) is 7.28. The molecule has 0 bridgehead atoms. The zero-order valence-electron chi connectivity index (χ0n) is 16.2. The van der Waals surface area contributed by atoms with Crippen molar-refractivity contribution in [3.63, 3.8) is 0 Å². The van der Waals surface area contributed by atoms with Gasteiger partial charge in [0.1, 0.15) is 5.82 Å². The molecule has 0 aliphatic carbocycles. The molecule has 4 aromatic rings. The Hall–Kier alpha value is -2.68. The lowest BCUT2D eigenvalue weighted by Crippen LogP contribution is -2.26. The van der Waals surface area contributed by atoms with Crippen molar-refractivity contribution in [2.75, 3.05) is 6.54 Å². The fraction of sp³-hybridized carbons (Fsp3) is 0.227. The zero-order chi connectivity index (χ0) is 20.5. The van der Waals surface area contributed by atoms with E-state index in [9.17, 15) is 4.39 Å². The van der Waals surface area contributed by atoms with Gasteiger partial charge in [-0.25, -0.2) is 9.07 Å². The molecule has 5 nitrogen and oxygen atoms in total. The maximum atomic E-state index is 13.5. The average molecular weight is 438 g/mol. The van der Waals surface area contributed by atoms with Crippen molar-refractivity contribution in [1.29, 1.82) is 0 Å². The Kier molecular flexibility index (Phi) is 5.28. The fourth-order valence-corrected chi connectivity index (χ4v) is 5.17. The maximum Gasteiger partial charge on any atom is 0.204 e. The molecule has 152 valence electrons. The van der Waals surface area contributed by atoms with Gasteiger partial charge in [-0.3, -0.25) is 14.5 Å². The predicted molar refractivity (Wildman–Crippen MR) is 119 cm³/mol. The molecule has 1 atom stereocenters. The summed E-state index contributed by atoms with van der Waals surface area (Å²) in [6.07, 6.45) is 5.77. The lowest BCUT2D eigenvalue weighted by molar-refractivity contribution is 0.192. The van der Waals surface area contributed by atoms with Gasteiger partial charge in [-0.15, -0.1) is 16.4 Å². The molecule has 1 fully saturated rings. The number of hydrogen-bond acceptors (Lipinski definition) is 5. The first-order valence-corrected chi connectivity index (χ1v) is 11.1. The molecule has 5 rings (SSSR count). The summed E-state index contributed by atoms with van der Waals surface area (Å²) in [6, 6.07) is 14.9. The topological polar surface area (TPSA) is 38.9 Å². The Balaban J connectivity index is 1.56. The number of thiophene rings is 1. The fourth-order valence-electron chi connectivity index (χ4n) is 3.98. The van der Waals surface area contributed by atoms with E-state index in [4.69, 9.17) is 17.3 Å². The summed E-state index contributed by atoms with van der Waals surface area (Å²) in [4.78, 5) is 7.92. The Morgan fingerprint density at radius 2 is 1.90 bits per heavy atom. The molecule has 30 heavy (non-hydrogen) atoms. The summed E-state index contributed by atoms with van der Waals surface area (Å²) in [7, 11) is 0. The molecule has 0 N–H and O–H groups in total. The Bertz CT molecular complexity index is 1180. The van der Waals surface area contributed by atoms with E-state index in [1.165, 1.54) is 17.0 Å². The Morgan fingerprint density at radius 3 is 2.63 bits per heavy atom. The number of aromatic nitrogens is 4. The van der Waals surface area contributed by atoms with E-state index >= 15 is 0 Å². The quantitative estimate of drug-likeness (QED) is 0.389. The highest BCUT2D eigenvalue weighted by molar-refractivity contribution is 7.71. The van der Waals surface area contributed by atoms with Crippen LogP contribution >= 0.6 is 23.6 Å². The third-order valence-electron chi connectivity index (χ3n) is 5.41. The minimum Gasteiger partial charge on any atom is -0.276 e. The lowest BCUT2D eigenvalue weighted by atomic mass is 10.2. The molecule has 8 heteroatoms. The summed E-state index contributed by atoms with van der Waals surface area (Å²) in [5, 5.41) is 7.00. The van der Waals surface area contributed by atoms with Crippen molar-refractivity contribution in [1.82, 2.24) is 24.2 Å². The van der Waals surface area contributed by atoms with E-state index in [2.05, 4.69) is 27.4 Å². The van der Waals surface area contributed by atoms with Gasteiger partial charge in [0.05, 0.1) is 12.4 Å². The first-order valence-electron chi connectivity index (χ1n) is 9.84. The van der Waals surface area contributed by atoms with Crippen molar-refractivity contribution in [2.24, 2.45) is 0 Å². The van der Waals surface area contributed by atoms with Crippen LogP contribution in [-0.2, 0) is 6.67 Å². The third kappa shape index (κ3) is 3.62. The molecular formula is C22H20FN5S2. The first kappa shape index (κ1) is 19.3. The molecule has 1 aromatic carbocycles. The Labute approximate surface area is 183 Å². The number of pyridine rings is 1. The van der Waals surface area contributed by atoms with Crippen LogP contribution in [-0.4, -0.2) is 30.8 Å².